The van der Waals surface area contributed by atoms with Gasteiger partial charge in [-0.25, -0.2) is 18.7 Å². The lowest BCUT2D eigenvalue weighted by atomic mass is 10.1. The maximum absolute atomic E-state index is 13.6. The Morgan fingerprint density at radius 1 is 1.15 bits per heavy atom. The topological polar surface area (TPSA) is 103 Å². The van der Waals surface area contributed by atoms with E-state index in [1.165, 1.54) is 11.3 Å². The van der Waals surface area contributed by atoms with Crippen LogP contribution in [0.5, 0.6) is 0 Å². The minimum Gasteiger partial charge on any atom is -0.338 e. The number of thiophene rings is 1. The highest BCUT2D eigenvalue weighted by molar-refractivity contribution is 7.17. The third-order valence-corrected chi connectivity index (χ3v) is 8.38. The molecule has 6 aromatic heterocycles. The van der Waals surface area contributed by atoms with Gasteiger partial charge in [0.2, 0.25) is 0 Å². The van der Waals surface area contributed by atoms with Crippen LogP contribution in [0.3, 0.4) is 0 Å². The number of H-pyrrole nitrogens is 2. The summed E-state index contributed by atoms with van der Waals surface area (Å²) in [6.07, 6.45) is 5.07. The van der Waals surface area contributed by atoms with Crippen LogP contribution in [0.4, 0.5) is 8.78 Å². The van der Waals surface area contributed by atoms with Gasteiger partial charge in [-0.2, -0.15) is 5.10 Å². The van der Waals surface area contributed by atoms with E-state index in [0.717, 1.165) is 38.2 Å². The van der Waals surface area contributed by atoms with Crippen LogP contribution >= 0.6 is 11.3 Å². The molecule has 0 spiro atoms. The second-order valence-electron chi connectivity index (χ2n) is 10.1. The number of nitrogens with zero attached hydrogens (tertiary/aromatic N) is 5. The number of ketones is 1. The number of alkyl halides is 2. The third-order valence-electron chi connectivity index (χ3n) is 7.16. The van der Waals surface area contributed by atoms with Gasteiger partial charge in [0.1, 0.15) is 16.9 Å². The summed E-state index contributed by atoms with van der Waals surface area (Å²) in [5.41, 5.74) is 6.94. The average molecular weight is 556 g/mol. The summed E-state index contributed by atoms with van der Waals surface area (Å²) in [4.78, 5) is 32.4. The van der Waals surface area contributed by atoms with Crippen molar-refractivity contribution in [3.63, 3.8) is 0 Å². The molecule has 11 heteroatoms. The number of aromatic amines is 2. The van der Waals surface area contributed by atoms with Crippen molar-refractivity contribution in [3.05, 3.63) is 71.5 Å². The van der Waals surface area contributed by atoms with Gasteiger partial charge < -0.3 is 4.98 Å². The summed E-state index contributed by atoms with van der Waals surface area (Å²) in [6, 6.07) is 13.5. The fraction of sp³-hybridized carbons (Fsp3) is 0.207. The van der Waals surface area contributed by atoms with Gasteiger partial charge >= 0.3 is 0 Å². The van der Waals surface area contributed by atoms with E-state index in [1.807, 2.05) is 42.5 Å². The van der Waals surface area contributed by atoms with Gasteiger partial charge in [-0.1, -0.05) is 0 Å². The minimum atomic E-state index is -2.63. The molecule has 0 saturated carbocycles. The van der Waals surface area contributed by atoms with Crippen LogP contribution < -0.4 is 0 Å². The monoisotopic (exact) mass is 555 g/mol. The zero-order valence-corrected chi connectivity index (χ0v) is 22.2. The summed E-state index contributed by atoms with van der Waals surface area (Å²) < 4.78 is 27.3. The van der Waals surface area contributed by atoms with Crippen LogP contribution in [0.15, 0.2) is 61.1 Å². The Morgan fingerprint density at radius 2 is 2.05 bits per heavy atom. The highest BCUT2D eigenvalue weighted by Gasteiger charge is 2.37. The third kappa shape index (κ3) is 4.46. The number of aromatic nitrogens is 6. The van der Waals surface area contributed by atoms with E-state index in [0.29, 0.717) is 40.5 Å². The highest BCUT2D eigenvalue weighted by Crippen LogP contribution is 2.36. The van der Waals surface area contributed by atoms with E-state index < -0.39 is 5.92 Å². The normalized spacial score (nSPS) is 15.4. The minimum absolute atomic E-state index is 0.0412. The van der Waals surface area contributed by atoms with Crippen molar-refractivity contribution in [2.45, 2.75) is 25.8 Å². The smallest absolute Gasteiger partial charge is 0.261 e. The van der Waals surface area contributed by atoms with Gasteiger partial charge in [0, 0.05) is 59.5 Å². The van der Waals surface area contributed by atoms with Crippen LogP contribution in [0.25, 0.3) is 55.2 Å². The zero-order chi connectivity index (χ0) is 27.4. The lowest BCUT2D eigenvalue weighted by Gasteiger charge is -2.15. The molecule has 0 bridgehead atoms. The lowest BCUT2D eigenvalue weighted by Crippen LogP contribution is -2.24. The standard InChI is InChI=1S/C29H23F2N7OS/c1-16(39)24-4-5-25(40-24)19-6-8-33-28-20(19)11-23(35-28)27-26-22(36-37-27)3-2-21(34-26)18-10-17(12-32-13-18)14-38-9-7-29(30,31)15-38/h2-6,8,10-13H,7,9,14-15H2,1H3,(H,33,35)(H,36,37). The van der Waals surface area contributed by atoms with Crippen molar-refractivity contribution >= 4 is 39.2 Å². The number of Topliss-reactive ketones (excluding diaryl/α,β-unsaturated/α-hetero) is 1. The first kappa shape index (κ1) is 24.7. The molecular formula is C29H23F2N7OS. The number of halogens is 2. The van der Waals surface area contributed by atoms with Gasteiger partial charge in [0.25, 0.3) is 5.92 Å². The molecule has 1 fully saturated rings. The van der Waals surface area contributed by atoms with Crippen LogP contribution in [-0.2, 0) is 6.54 Å². The molecule has 0 unspecified atom stereocenters. The molecule has 8 nitrogen and oxygen atoms in total. The molecule has 0 atom stereocenters. The number of rotatable bonds is 6. The predicted octanol–water partition coefficient (Wildman–Crippen LogP) is 6.34. The second kappa shape index (κ2) is 9.39. The van der Waals surface area contributed by atoms with E-state index in [9.17, 15) is 13.6 Å². The highest BCUT2D eigenvalue weighted by atomic mass is 32.1. The summed E-state index contributed by atoms with van der Waals surface area (Å²) in [7, 11) is 0. The first-order valence-electron chi connectivity index (χ1n) is 12.8. The maximum atomic E-state index is 13.6. The summed E-state index contributed by atoms with van der Waals surface area (Å²) >= 11 is 1.46. The van der Waals surface area contributed by atoms with Gasteiger partial charge in [-0.15, -0.1) is 11.3 Å². The first-order chi connectivity index (χ1) is 19.3. The summed E-state index contributed by atoms with van der Waals surface area (Å²) in [5, 5.41) is 8.52. The van der Waals surface area contributed by atoms with E-state index in [2.05, 4.69) is 25.1 Å². The van der Waals surface area contributed by atoms with Gasteiger partial charge in [-0.05, 0) is 55.0 Å². The second-order valence-corrected chi connectivity index (χ2v) is 11.2. The Bertz CT molecular complexity index is 1910. The molecule has 0 aromatic carbocycles. The number of carbonyl (C=O) groups is 1. The van der Waals surface area contributed by atoms with Crippen molar-refractivity contribution in [3.8, 4) is 33.1 Å². The van der Waals surface area contributed by atoms with Crippen molar-refractivity contribution in [1.29, 1.82) is 0 Å². The largest absolute Gasteiger partial charge is 0.338 e. The van der Waals surface area contributed by atoms with Crippen molar-refractivity contribution in [2.24, 2.45) is 0 Å². The first-order valence-corrected chi connectivity index (χ1v) is 13.6. The fourth-order valence-electron chi connectivity index (χ4n) is 5.20. The Morgan fingerprint density at radius 3 is 2.85 bits per heavy atom. The molecule has 2 N–H and O–H groups in total. The van der Waals surface area contributed by atoms with E-state index in [1.54, 1.807) is 30.4 Å². The molecule has 1 aliphatic rings. The summed E-state index contributed by atoms with van der Waals surface area (Å²) in [5.74, 6) is -2.59. The summed E-state index contributed by atoms with van der Waals surface area (Å²) in [6.45, 7) is 2.12. The maximum Gasteiger partial charge on any atom is 0.261 e. The molecule has 1 aliphatic heterocycles. The number of hydrogen-bond acceptors (Lipinski definition) is 7. The van der Waals surface area contributed by atoms with Gasteiger partial charge in [0.05, 0.1) is 28.3 Å². The van der Waals surface area contributed by atoms with E-state index in [4.69, 9.17) is 4.98 Å². The molecule has 7 heterocycles. The number of carbonyl (C=O) groups excluding carboxylic acids is 1. The molecule has 7 rings (SSSR count). The molecule has 0 radical (unpaired) electrons. The number of pyridine rings is 3. The number of fused-ring (bicyclic) bond motifs is 2. The quantitative estimate of drug-likeness (QED) is 0.233. The van der Waals surface area contributed by atoms with Crippen LogP contribution in [0.1, 0.15) is 28.6 Å². The van der Waals surface area contributed by atoms with Crippen molar-refractivity contribution in [2.75, 3.05) is 13.1 Å². The van der Waals surface area contributed by atoms with Gasteiger partial charge in [0.15, 0.2) is 5.78 Å². The van der Waals surface area contributed by atoms with Crippen LogP contribution in [0.2, 0.25) is 0 Å². The molecule has 0 aliphatic carbocycles. The Kier molecular flexibility index (Phi) is 5.79. The van der Waals surface area contributed by atoms with Crippen LogP contribution in [-0.4, -0.2) is 59.8 Å². The average Bonchev–Trinajstić information content (AvgIpc) is 3.73. The Hall–Kier alpha value is -4.35. The number of nitrogens with one attached hydrogen (secondary N) is 2. The number of hydrogen-bond donors (Lipinski definition) is 2. The SMILES string of the molecule is CC(=O)c1ccc(-c2ccnc3[nH]c(-c4n[nH]c5ccc(-c6cncc(CN7CCC(F)(F)C7)c6)nc45)cc23)s1. The van der Waals surface area contributed by atoms with Crippen LogP contribution in [0, 0.1) is 0 Å². The van der Waals surface area contributed by atoms with Crippen molar-refractivity contribution in [1.82, 2.24) is 35.0 Å². The molecule has 1 saturated heterocycles. The molecule has 40 heavy (non-hydrogen) atoms. The predicted molar refractivity (Wildman–Crippen MR) is 150 cm³/mol. The molecular weight excluding hydrogens is 532 g/mol. The fourth-order valence-corrected chi connectivity index (χ4v) is 6.14. The Balaban J connectivity index is 1.24. The van der Waals surface area contributed by atoms with E-state index >= 15 is 0 Å². The van der Waals surface area contributed by atoms with Crippen molar-refractivity contribution < 1.29 is 13.6 Å². The Labute approximate surface area is 231 Å². The zero-order valence-electron chi connectivity index (χ0n) is 21.4. The lowest BCUT2D eigenvalue weighted by molar-refractivity contribution is 0.0115. The molecule has 0 amide bonds. The van der Waals surface area contributed by atoms with Gasteiger partial charge in [-0.3, -0.25) is 19.8 Å². The molecule has 200 valence electrons. The van der Waals surface area contributed by atoms with E-state index in [-0.39, 0.29) is 18.7 Å². The molecule has 6 aromatic rings. The number of likely N-dealkylation sites (tertiary alicyclic amines) is 1.